The van der Waals surface area contributed by atoms with E-state index in [4.69, 9.17) is 4.74 Å². The quantitative estimate of drug-likeness (QED) is 0.376. The van der Waals surface area contributed by atoms with Gasteiger partial charge in [-0.3, -0.25) is 4.99 Å². The summed E-state index contributed by atoms with van der Waals surface area (Å²) in [5, 5.41) is 6.62. The number of likely N-dealkylation sites (N-methyl/N-ethyl adjacent to an activating group) is 1. The number of ether oxygens (including phenoxy) is 1. The van der Waals surface area contributed by atoms with Crippen molar-refractivity contribution >= 4 is 5.96 Å². The molecule has 1 atom stereocenters. The second-order valence-electron chi connectivity index (χ2n) is 5.32. The maximum absolute atomic E-state index is 5.29. The fourth-order valence-electron chi connectivity index (χ4n) is 1.84. The zero-order chi connectivity index (χ0) is 14.7. The van der Waals surface area contributed by atoms with E-state index in [1.54, 1.807) is 7.05 Å². The monoisotopic (exact) mass is 272 g/mol. The largest absolute Gasteiger partial charge is 0.380 e. The Morgan fingerprint density at radius 2 is 1.95 bits per heavy atom. The summed E-state index contributed by atoms with van der Waals surface area (Å²) in [4.78, 5) is 6.48. The number of hydrogen-bond acceptors (Lipinski definition) is 3. The molecule has 1 unspecified atom stereocenters. The van der Waals surface area contributed by atoms with E-state index in [1.165, 1.54) is 6.42 Å². The van der Waals surface area contributed by atoms with Crippen LogP contribution in [-0.2, 0) is 4.74 Å². The molecule has 0 aromatic heterocycles. The second kappa shape index (κ2) is 11.1. The first-order valence-electron chi connectivity index (χ1n) is 7.19. The minimum absolute atomic E-state index is 0.519. The van der Waals surface area contributed by atoms with Crippen LogP contribution in [0, 0.1) is 5.92 Å². The van der Waals surface area contributed by atoms with Crippen LogP contribution in [0.25, 0.3) is 0 Å². The second-order valence-corrected chi connectivity index (χ2v) is 5.32. The highest BCUT2D eigenvalue weighted by atomic mass is 16.5. The summed E-state index contributed by atoms with van der Waals surface area (Å²) in [6, 6.07) is 0.519. The third-order valence-electron chi connectivity index (χ3n) is 2.95. The van der Waals surface area contributed by atoms with Gasteiger partial charge in [0.05, 0.1) is 6.61 Å². The average Bonchev–Trinajstić information content (AvgIpc) is 2.35. The van der Waals surface area contributed by atoms with Crippen molar-refractivity contribution in [2.75, 3.05) is 47.4 Å². The van der Waals surface area contributed by atoms with Crippen molar-refractivity contribution in [3.63, 3.8) is 0 Å². The van der Waals surface area contributed by atoms with Gasteiger partial charge in [0.15, 0.2) is 5.96 Å². The van der Waals surface area contributed by atoms with Crippen LogP contribution in [0.4, 0.5) is 0 Å². The summed E-state index contributed by atoms with van der Waals surface area (Å²) in [5.74, 6) is 1.54. The third kappa shape index (κ3) is 9.73. The van der Waals surface area contributed by atoms with Crippen LogP contribution in [0.15, 0.2) is 4.99 Å². The van der Waals surface area contributed by atoms with E-state index in [0.717, 1.165) is 25.7 Å². The molecule has 0 radical (unpaired) electrons. The van der Waals surface area contributed by atoms with Gasteiger partial charge in [0.1, 0.15) is 0 Å². The highest BCUT2D eigenvalue weighted by molar-refractivity contribution is 5.79. The van der Waals surface area contributed by atoms with Gasteiger partial charge in [0.25, 0.3) is 0 Å². The van der Waals surface area contributed by atoms with Crippen LogP contribution in [0.3, 0.4) is 0 Å². The maximum atomic E-state index is 5.29. The van der Waals surface area contributed by atoms with Gasteiger partial charge in [-0.2, -0.15) is 0 Å². The van der Waals surface area contributed by atoms with Crippen molar-refractivity contribution < 1.29 is 4.74 Å². The topological polar surface area (TPSA) is 48.9 Å². The number of rotatable bonds is 9. The molecule has 0 saturated carbocycles. The van der Waals surface area contributed by atoms with Crippen LogP contribution < -0.4 is 10.6 Å². The van der Waals surface area contributed by atoms with E-state index < -0.39 is 0 Å². The van der Waals surface area contributed by atoms with Crippen LogP contribution in [-0.4, -0.2) is 64.3 Å². The molecule has 5 nitrogen and oxygen atoms in total. The zero-order valence-corrected chi connectivity index (χ0v) is 13.5. The maximum Gasteiger partial charge on any atom is 0.191 e. The molecule has 0 heterocycles. The Morgan fingerprint density at radius 1 is 1.26 bits per heavy atom. The van der Waals surface area contributed by atoms with Gasteiger partial charge in [-0.05, 0) is 33.4 Å². The molecule has 0 saturated heterocycles. The number of hydrogen-bond donors (Lipinski definition) is 2. The Kier molecular flexibility index (Phi) is 10.6. The summed E-state index contributed by atoms with van der Waals surface area (Å²) in [6.45, 7) is 9.66. The average molecular weight is 272 g/mol. The van der Waals surface area contributed by atoms with Crippen LogP contribution in [0.5, 0.6) is 0 Å². The molecule has 0 rings (SSSR count). The van der Waals surface area contributed by atoms with Crippen molar-refractivity contribution in [1.29, 1.82) is 0 Å². The van der Waals surface area contributed by atoms with Crippen LogP contribution >= 0.6 is 0 Å². The molecule has 0 bridgehead atoms. The van der Waals surface area contributed by atoms with Crippen LogP contribution in [0.1, 0.15) is 27.2 Å². The molecule has 5 heteroatoms. The Bertz CT molecular complexity index is 242. The van der Waals surface area contributed by atoms with Crippen molar-refractivity contribution in [3.05, 3.63) is 0 Å². The molecule has 0 aromatic rings. The summed E-state index contributed by atoms with van der Waals surface area (Å²) in [7, 11) is 6.04. The fourth-order valence-corrected chi connectivity index (χ4v) is 1.84. The Morgan fingerprint density at radius 3 is 2.42 bits per heavy atom. The molecule has 2 N–H and O–H groups in total. The molecule has 0 aliphatic carbocycles. The molecule has 0 spiro atoms. The normalized spacial score (nSPS) is 14.0. The third-order valence-corrected chi connectivity index (χ3v) is 2.95. The summed E-state index contributed by atoms with van der Waals surface area (Å²) in [6.07, 6.45) is 1.18. The summed E-state index contributed by atoms with van der Waals surface area (Å²) in [5.41, 5.74) is 0. The SMILES string of the molecule is CCOCCNC(=NC)NCC(CC(C)C)N(C)C. The van der Waals surface area contributed by atoms with Crippen molar-refractivity contribution in [2.45, 2.75) is 33.2 Å². The molecular weight excluding hydrogens is 240 g/mol. The predicted molar refractivity (Wildman–Crippen MR) is 82.8 cm³/mol. The first-order chi connectivity index (χ1) is 9.01. The van der Waals surface area contributed by atoms with Crippen molar-refractivity contribution in [2.24, 2.45) is 10.9 Å². The predicted octanol–water partition coefficient (Wildman–Crippen LogP) is 1.16. The van der Waals surface area contributed by atoms with E-state index in [9.17, 15) is 0 Å². The molecule has 19 heavy (non-hydrogen) atoms. The number of nitrogens with one attached hydrogen (secondary N) is 2. The summed E-state index contributed by atoms with van der Waals surface area (Å²) < 4.78 is 5.29. The number of aliphatic imine (C=N–C) groups is 1. The lowest BCUT2D eigenvalue weighted by Gasteiger charge is -2.27. The highest BCUT2D eigenvalue weighted by Crippen LogP contribution is 2.07. The van der Waals surface area contributed by atoms with Crippen molar-refractivity contribution in [1.82, 2.24) is 15.5 Å². The lowest BCUT2D eigenvalue weighted by Crippen LogP contribution is -2.46. The van der Waals surface area contributed by atoms with Gasteiger partial charge in [0.2, 0.25) is 0 Å². The lowest BCUT2D eigenvalue weighted by molar-refractivity contribution is 0.152. The standard InChI is InChI=1S/C14H32N4O/c1-7-19-9-8-16-14(15-4)17-11-13(18(5)6)10-12(2)3/h12-13H,7-11H2,1-6H3,(H2,15,16,17). The van der Waals surface area contributed by atoms with Gasteiger partial charge in [0, 0.05) is 32.8 Å². The molecule has 0 amide bonds. The van der Waals surface area contributed by atoms with E-state index >= 15 is 0 Å². The smallest absolute Gasteiger partial charge is 0.191 e. The van der Waals surface area contributed by atoms with E-state index in [1.807, 2.05) is 6.92 Å². The van der Waals surface area contributed by atoms with E-state index in [-0.39, 0.29) is 0 Å². The van der Waals surface area contributed by atoms with Crippen LogP contribution in [0.2, 0.25) is 0 Å². The number of guanidine groups is 1. The first-order valence-corrected chi connectivity index (χ1v) is 7.19. The molecular formula is C14H32N4O. The van der Waals surface area contributed by atoms with Gasteiger partial charge in [-0.15, -0.1) is 0 Å². The van der Waals surface area contributed by atoms with Gasteiger partial charge < -0.3 is 20.3 Å². The van der Waals surface area contributed by atoms with E-state index in [2.05, 4.69) is 48.5 Å². The minimum atomic E-state index is 0.519. The Labute approximate surface area is 118 Å². The molecule has 114 valence electrons. The molecule has 0 aromatic carbocycles. The van der Waals surface area contributed by atoms with Gasteiger partial charge in [-0.1, -0.05) is 13.8 Å². The lowest BCUT2D eigenvalue weighted by atomic mass is 10.0. The van der Waals surface area contributed by atoms with Crippen molar-refractivity contribution in [3.8, 4) is 0 Å². The van der Waals surface area contributed by atoms with E-state index in [0.29, 0.717) is 18.6 Å². The highest BCUT2D eigenvalue weighted by Gasteiger charge is 2.13. The number of nitrogens with zero attached hydrogens (tertiary/aromatic N) is 2. The Balaban J connectivity index is 4.02. The molecule has 0 fully saturated rings. The fraction of sp³-hybridized carbons (Fsp3) is 0.929. The zero-order valence-electron chi connectivity index (χ0n) is 13.5. The minimum Gasteiger partial charge on any atom is -0.380 e. The molecule has 0 aliphatic heterocycles. The van der Waals surface area contributed by atoms with Gasteiger partial charge >= 0.3 is 0 Å². The Hall–Kier alpha value is -0.810. The molecule has 0 aliphatic rings. The van der Waals surface area contributed by atoms with Gasteiger partial charge in [-0.25, -0.2) is 0 Å². The summed E-state index contributed by atoms with van der Waals surface area (Å²) >= 11 is 0. The first kappa shape index (κ1) is 18.2.